The first kappa shape index (κ1) is 20.7. The Balaban J connectivity index is 2.46. The zero-order chi connectivity index (χ0) is 18.4. The molecule has 2 unspecified atom stereocenters. The van der Waals surface area contributed by atoms with Crippen molar-refractivity contribution in [3.8, 4) is 0 Å². The van der Waals surface area contributed by atoms with Crippen LogP contribution in [0.4, 0.5) is 0 Å². The van der Waals surface area contributed by atoms with Crippen LogP contribution < -0.4 is 0 Å². The molecule has 2 fully saturated rings. The zero-order valence-corrected chi connectivity index (χ0v) is 19.8. The lowest BCUT2D eigenvalue weighted by Crippen LogP contribution is -2.71. The minimum atomic E-state index is -1.85. The van der Waals surface area contributed by atoms with E-state index in [1.54, 1.807) is 0 Å². The largest absolute Gasteiger partial charge is 0.515 e. The van der Waals surface area contributed by atoms with Gasteiger partial charge in [-0.2, -0.15) is 0 Å². The van der Waals surface area contributed by atoms with E-state index in [2.05, 4.69) is 57.7 Å². The van der Waals surface area contributed by atoms with Crippen molar-refractivity contribution in [3.63, 3.8) is 0 Å². The van der Waals surface area contributed by atoms with Crippen LogP contribution in [0.15, 0.2) is 0 Å². The van der Waals surface area contributed by atoms with Crippen LogP contribution in [0.5, 0.6) is 0 Å². The minimum absolute atomic E-state index is 0.0438. The summed E-state index contributed by atoms with van der Waals surface area (Å²) in [5.41, 5.74) is -0.368. The van der Waals surface area contributed by atoms with Crippen molar-refractivity contribution in [3.05, 3.63) is 0 Å². The van der Waals surface area contributed by atoms with E-state index >= 15 is 0 Å². The summed E-state index contributed by atoms with van der Waals surface area (Å²) in [5, 5.41) is 0. The Hall–Kier alpha value is 0.414. The molecule has 7 heteroatoms. The predicted molar refractivity (Wildman–Crippen MR) is 107 cm³/mol. The molecule has 1 spiro atoms. The zero-order valence-electron chi connectivity index (χ0n) is 16.9. The first-order valence-corrected chi connectivity index (χ1v) is 17.5. The molecule has 1 saturated carbocycles. The van der Waals surface area contributed by atoms with E-state index in [0.717, 1.165) is 12.8 Å². The quantitative estimate of drug-likeness (QED) is 0.452. The van der Waals surface area contributed by atoms with Gasteiger partial charge in [-0.15, -0.1) is 0 Å². The molecule has 1 saturated heterocycles. The Bertz CT molecular complexity index is 479. The lowest BCUT2D eigenvalue weighted by molar-refractivity contribution is -0.217. The Kier molecular flexibility index (Phi) is 5.92. The molecule has 140 valence electrons. The van der Waals surface area contributed by atoms with E-state index in [1.165, 1.54) is 19.3 Å². The van der Waals surface area contributed by atoms with Crippen molar-refractivity contribution in [2.75, 3.05) is 6.61 Å². The molecule has 0 N–H and O–H groups in total. The van der Waals surface area contributed by atoms with Crippen LogP contribution in [-0.4, -0.2) is 39.2 Å². The SMILES string of the molecule is CC1(C)COC2(CCCCC2)N([Si](C)(C)C)C1[P+](=O)O[Si](C)(C)C. The van der Waals surface area contributed by atoms with Crippen LogP contribution in [0.3, 0.4) is 0 Å². The van der Waals surface area contributed by atoms with E-state index in [1.807, 2.05) is 0 Å². The molecule has 0 radical (unpaired) electrons. The predicted octanol–water partition coefficient (Wildman–Crippen LogP) is 5.76. The molecular formula is C17H37NO3PSi2+. The van der Waals surface area contributed by atoms with Gasteiger partial charge < -0.3 is 4.74 Å². The van der Waals surface area contributed by atoms with E-state index in [4.69, 9.17) is 8.95 Å². The van der Waals surface area contributed by atoms with Crippen LogP contribution in [0, 0.1) is 5.41 Å². The minimum Gasteiger partial charge on any atom is -0.360 e. The maximum absolute atomic E-state index is 13.4. The normalized spacial score (nSPS) is 28.8. The maximum atomic E-state index is 13.4. The van der Waals surface area contributed by atoms with Crippen molar-refractivity contribution < 1.29 is 13.5 Å². The highest BCUT2D eigenvalue weighted by molar-refractivity contribution is 7.42. The summed E-state index contributed by atoms with van der Waals surface area (Å²) in [7, 11) is -5.34. The lowest BCUT2D eigenvalue weighted by Gasteiger charge is -2.58. The molecular weight excluding hydrogens is 353 g/mol. The highest BCUT2D eigenvalue weighted by atomic mass is 31.1. The van der Waals surface area contributed by atoms with Gasteiger partial charge in [0.1, 0.15) is 14.0 Å². The van der Waals surface area contributed by atoms with Crippen molar-refractivity contribution in [1.82, 2.24) is 4.57 Å². The molecule has 1 heterocycles. The maximum Gasteiger partial charge on any atom is 0.515 e. The second kappa shape index (κ2) is 6.86. The summed E-state index contributed by atoms with van der Waals surface area (Å²) in [6, 6.07) is 0. The van der Waals surface area contributed by atoms with Gasteiger partial charge in [0.15, 0.2) is 0 Å². The Morgan fingerprint density at radius 1 is 1.04 bits per heavy atom. The fraction of sp³-hybridized carbons (Fsp3) is 1.00. The summed E-state index contributed by atoms with van der Waals surface area (Å²) in [4.78, 5) is 0. The monoisotopic (exact) mass is 390 g/mol. The van der Waals surface area contributed by atoms with Crippen molar-refractivity contribution in [2.45, 2.75) is 96.7 Å². The second-order valence-electron chi connectivity index (χ2n) is 10.2. The highest BCUT2D eigenvalue weighted by Crippen LogP contribution is 2.55. The van der Waals surface area contributed by atoms with Gasteiger partial charge in [0, 0.05) is 0 Å². The van der Waals surface area contributed by atoms with Gasteiger partial charge in [-0.1, -0.05) is 39.9 Å². The van der Waals surface area contributed by atoms with Gasteiger partial charge in [0.05, 0.1) is 12.0 Å². The van der Waals surface area contributed by atoms with Crippen molar-refractivity contribution in [2.24, 2.45) is 5.41 Å². The van der Waals surface area contributed by atoms with Crippen LogP contribution in [0.1, 0.15) is 46.0 Å². The number of hydrogen-bond acceptors (Lipinski definition) is 4. The van der Waals surface area contributed by atoms with Crippen LogP contribution in [0.25, 0.3) is 0 Å². The number of ether oxygens (including phenoxy) is 1. The molecule has 0 aromatic carbocycles. The molecule has 0 amide bonds. The first-order valence-electron chi connectivity index (χ1n) is 9.38. The fourth-order valence-corrected chi connectivity index (χ4v) is 11.7. The van der Waals surface area contributed by atoms with Gasteiger partial charge in [-0.05, 0) is 49.9 Å². The third-order valence-corrected chi connectivity index (χ3v) is 11.6. The molecule has 2 aliphatic rings. The number of hydrogen-bond donors (Lipinski definition) is 0. The van der Waals surface area contributed by atoms with E-state index in [0.29, 0.717) is 6.61 Å². The smallest absolute Gasteiger partial charge is 0.360 e. The second-order valence-corrected chi connectivity index (χ2v) is 21.0. The van der Waals surface area contributed by atoms with Crippen LogP contribution in [0.2, 0.25) is 39.3 Å². The molecule has 24 heavy (non-hydrogen) atoms. The van der Waals surface area contributed by atoms with Crippen molar-refractivity contribution in [1.29, 1.82) is 0 Å². The van der Waals surface area contributed by atoms with Crippen LogP contribution >= 0.6 is 8.03 Å². The van der Waals surface area contributed by atoms with Gasteiger partial charge in [0.25, 0.3) is 8.32 Å². The van der Waals surface area contributed by atoms with Gasteiger partial charge in [-0.3, -0.25) is 4.57 Å². The molecule has 1 aliphatic carbocycles. The number of nitrogens with zero attached hydrogens (tertiary/aromatic N) is 1. The third-order valence-electron chi connectivity index (χ3n) is 5.02. The highest BCUT2D eigenvalue weighted by Gasteiger charge is 2.64. The van der Waals surface area contributed by atoms with E-state index in [-0.39, 0.29) is 16.9 Å². The van der Waals surface area contributed by atoms with Gasteiger partial charge >= 0.3 is 8.03 Å². The number of rotatable bonds is 4. The molecule has 2 atom stereocenters. The Morgan fingerprint density at radius 2 is 1.58 bits per heavy atom. The average Bonchev–Trinajstić information content (AvgIpc) is 2.39. The van der Waals surface area contributed by atoms with Crippen LogP contribution in [-0.2, 0) is 13.5 Å². The fourth-order valence-electron chi connectivity index (χ4n) is 4.20. The molecule has 1 aliphatic heterocycles. The lowest BCUT2D eigenvalue weighted by atomic mass is 9.85. The van der Waals surface area contributed by atoms with Crippen molar-refractivity contribution >= 4 is 24.6 Å². The van der Waals surface area contributed by atoms with E-state index < -0.39 is 24.6 Å². The Labute approximate surface area is 151 Å². The molecule has 0 aromatic heterocycles. The summed E-state index contributed by atoms with van der Waals surface area (Å²) in [5.74, 6) is -0.0438. The summed E-state index contributed by atoms with van der Waals surface area (Å²) >= 11 is 0. The molecule has 2 rings (SSSR count). The molecule has 4 nitrogen and oxygen atoms in total. The average molecular weight is 391 g/mol. The van der Waals surface area contributed by atoms with Gasteiger partial charge in [0.2, 0.25) is 5.78 Å². The first-order chi connectivity index (χ1) is 10.8. The summed E-state index contributed by atoms with van der Waals surface area (Å²) < 4.78 is 28.7. The third kappa shape index (κ3) is 4.38. The Morgan fingerprint density at radius 3 is 2.04 bits per heavy atom. The van der Waals surface area contributed by atoms with E-state index in [9.17, 15) is 4.57 Å². The summed E-state index contributed by atoms with van der Waals surface area (Å²) in [6.45, 7) is 18.5. The van der Waals surface area contributed by atoms with Gasteiger partial charge in [-0.25, -0.2) is 4.21 Å². The molecule has 0 aromatic rings. The summed E-state index contributed by atoms with van der Waals surface area (Å²) in [6.07, 6.45) is 5.84. The molecule has 0 bridgehead atoms. The topological polar surface area (TPSA) is 38.8 Å². The standard InChI is InChI=1S/C17H37NO3PSi2/c1-16(2)14-20-17(12-10-9-11-13-17)18(23(3,4)5)15(16)22(19)21-24(6,7)8/h15H,9-14H2,1-8H3/q+1.